The molecule has 0 saturated carbocycles. The monoisotopic (exact) mass is 244 g/mol. The maximum absolute atomic E-state index is 3.38. The van der Waals surface area contributed by atoms with Crippen LogP contribution in [-0.4, -0.2) is 37.6 Å². The zero-order valence-electron chi connectivity index (χ0n) is 11.8. The van der Waals surface area contributed by atoms with E-state index in [1.54, 1.807) is 0 Å². The SMILES string of the molecule is Cc1cc(/C=C/CN2CCNCC2)cc(C)c1C. The lowest BCUT2D eigenvalue weighted by Gasteiger charge is -2.25. The van der Waals surface area contributed by atoms with Crippen LogP contribution in [0, 0.1) is 20.8 Å². The number of rotatable bonds is 3. The number of nitrogens with one attached hydrogen (secondary N) is 1. The van der Waals surface area contributed by atoms with Gasteiger partial charge in [-0.1, -0.05) is 24.3 Å². The van der Waals surface area contributed by atoms with Crippen molar-refractivity contribution in [2.24, 2.45) is 0 Å². The van der Waals surface area contributed by atoms with E-state index in [4.69, 9.17) is 0 Å². The first-order chi connectivity index (χ1) is 8.66. The van der Waals surface area contributed by atoms with Gasteiger partial charge < -0.3 is 5.32 Å². The van der Waals surface area contributed by atoms with Crippen molar-refractivity contribution >= 4 is 6.08 Å². The maximum Gasteiger partial charge on any atom is 0.0167 e. The van der Waals surface area contributed by atoms with Gasteiger partial charge in [0.15, 0.2) is 0 Å². The van der Waals surface area contributed by atoms with Crippen LogP contribution >= 0.6 is 0 Å². The first-order valence-electron chi connectivity index (χ1n) is 6.84. The quantitative estimate of drug-likeness (QED) is 0.879. The molecular weight excluding hydrogens is 220 g/mol. The number of piperazine rings is 1. The molecule has 1 aliphatic rings. The summed E-state index contributed by atoms with van der Waals surface area (Å²) < 4.78 is 0. The molecule has 1 N–H and O–H groups in total. The molecule has 0 atom stereocenters. The second kappa shape index (κ2) is 6.17. The Bertz CT molecular complexity index is 406. The van der Waals surface area contributed by atoms with Gasteiger partial charge in [-0.25, -0.2) is 0 Å². The molecule has 0 unspecified atom stereocenters. The van der Waals surface area contributed by atoms with Gasteiger partial charge in [0, 0.05) is 32.7 Å². The van der Waals surface area contributed by atoms with E-state index in [0.717, 1.165) is 32.7 Å². The van der Waals surface area contributed by atoms with Crippen LogP contribution in [-0.2, 0) is 0 Å². The second-order valence-electron chi connectivity index (χ2n) is 5.23. The summed E-state index contributed by atoms with van der Waals surface area (Å²) >= 11 is 0. The highest BCUT2D eigenvalue weighted by Crippen LogP contribution is 2.16. The van der Waals surface area contributed by atoms with E-state index in [2.05, 4.69) is 55.3 Å². The summed E-state index contributed by atoms with van der Waals surface area (Å²) in [5.41, 5.74) is 5.51. The van der Waals surface area contributed by atoms with Crippen LogP contribution in [0.25, 0.3) is 6.08 Å². The predicted molar refractivity (Wildman–Crippen MR) is 79.0 cm³/mol. The Kier molecular flexibility index (Phi) is 4.56. The zero-order chi connectivity index (χ0) is 13.0. The van der Waals surface area contributed by atoms with E-state index in [1.165, 1.54) is 22.3 Å². The van der Waals surface area contributed by atoms with Crippen molar-refractivity contribution in [1.29, 1.82) is 0 Å². The molecule has 0 aliphatic carbocycles. The Labute approximate surface area is 111 Å². The highest BCUT2D eigenvalue weighted by molar-refractivity contribution is 5.54. The highest BCUT2D eigenvalue weighted by Gasteiger charge is 2.06. The van der Waals surface area contributed by atoms with E-state index < -0.39 is 0 Å². The van der Waals surface area contributed by atoms with Crippen molar-refractivity contribution in [2.45, 2.75) is 20.8 Å². The minimum absolute atomic E-state index is 1.06. The molecule has 1 aliphatic heterocycles. The van der Waals surface area contributed by atoms with Crippen molar-refractivity contribution in [1.82, 2.24) is 10.2 Å². The van der Waals surface area contributed by atoms with E-state index in [9.17, 15) is 0 Å². The molecule has 1 saturated heterocycles. The van der Waals surface area contributed by atoms with Crippen molar-refractivity contribution in [3.05, 3.63) is 40.5 Å². The number of hydrogen-bond donors (Lipinski definition) is 1. The van der Waals surface area contributed by atoms with Gasteiger partial charge in [-0.3, -0.25) is 4.90 Å². The van der Waals surface area contributed by atoms with Gasteiger partial charge in [-0.15, -0.1) is 0 Å². The largest absolute Gasteiger partial charge is 0.314 e. The lowest BCUT2D eigenvalue weighted by Crippen LogP contribution is -2.43. The van der Waals surface area contributed by atoms with Crippen molar-refractivity contribution < 1.29 is 0 Å². The average Bonchev–Trinajstić information content (AvgIpc) is 2.37. The van der Waals surface area contributed by atoms with E-state index in [-0.39, 0.29) is 0 Å². The Hall–Kier alpha value is -1.12. The number of aryl methyl sites for hydroxylation is 2. The van der Waals surface area contributed by atoms with Crippen LogP contribution in [0.15, 0.2) is 18.2 Å². The van der Waals surface area contributed by atoms with Crippen LogP contribution in [0.2, 0.25) is 0 Å². The molecule has 1 fully saturated rings. The molecule has 2 rings (SSSR count). The van der Waals surface area contributed by atoms with Gasteiger partial charge in [0.2, 0.25) is 0 Å². The van der Waals surface area contributed by atoms with Crippen LogP contribution in [0.1, 0.15) is 22.3 Å². The zero-order valence-corrected chi connectivity index (χ0v) is 11.8. The van der Waals surface area contributed by atoms with Gasteiger partial charge >= 0.3 is 0 Å². The molecule has 2 nitrogen and oxygen atoms in total. The number of hydrogen-bond acceptors (Lipinski definition) is 2. The lowest BCUT2D eigenvalue weighted by atomic mass is 10.0. The van der Waals surface area contributed by atoms with E-state index in [1.807, 2.05) is 0 Å². The summed E-state index contributed by atoms with van der Waals surface area (Å²) in [5.74, 6) is 0. The first-order valence-corrected chi connectivity index (χ1v) is 6.84. The van der Waals surface area contributed by atoms with Crippen LogP contribution in [0.3, 0.4) is 0 Å². The van der Waals surface area contributed by atoms with Crippen molar-refractivity contribution in [3.63, 3.8) is 0 Å². The smallest absolute Gasteiger partial charge is 0.0167 e. The minimum Gasteiger partial charge on any atom is -0.314 e. The lowest BCUT2D eigenvalue weighted by molar-refractivity contribution is 0.265. The molecule has 0 radical (unpaired) electrons. The topological polar surface area (TPSA) is 15.3 Å². The van der Waals surface area contributed by atoms with Gasteiger partial charge in [-0.05, 0) is 43.0 Å². The minimum atomic E-state index is 1.06. The highest BCUT2D eigenvalue weighted by atomic mass is 15.2. The van der Waals surface area contributed by atoms with E-state index >= 15 is 0 Å². The molecule has 1 aromatic carbocycles. The van der Waals surface area contributed by atoms with E-state index in [0.29, 0.717) is 0 Å². The fraction of sp³-hybridized carbons (Fsp3) is 0.500. The summed E-state index contributed by atoms with van der Waals surface area (Å²) in [6.45, 7) is 12.2. The molecule has 98 valence electrons. The molecule has 18 heavy (non-hydrogen) atoms. The number of benzene rings is 1. The summed E-state index contributed by atoms with van der Waals surface area (Å²) in [4.78, 5) is 2.49. The first kappa shape index (κ1) is 13.3. The summed E-state index contributed by atoms with van der Waals surface area (Å²) in [7, 11) is 0. The maximum atomic E-state index is 3.38. The molecule has 2 heteroatoms. The molecular formula is C16H24N2. The normalized spacial score (nSPS) is 17.5. The summed E-state index contributed by atoms with van der Waals surface area (Å²) in [5, 5.41) is 3.38. The predicted octanol–water partition coefficient (Wildman–Crippen LogP) is 2.53. The average molecular weight is 244 g/mol. The van der Waals surface area contributed by atoms with Gasteiger partial charge in [0.1, 0.15) is 0 Å². The fourth-order valence-electron chi connectivity index (χ4n) is 2.40. The Morgan fingerprint density at radius 1 is 1.11 bits per heavy atom. The van der Waals surface area contributed by atoms with Crippen LogP contribution < -0.4 is 5.32 Å². The van der Waals surface area contributed by atoms with Gasteiger partial charge in [0.05, 0.1) is 0 Å². The number of nitrogens with zero attached hydrogens (tertiary/aromatic N) is 1. The van der Waals surface area contributed by atoms with Gasteiger partial charge in [0.25, 0.3) is 0 Å². The molecule has 0 amide bonds. The Balaban J connectivity index is 1.96. The molecule has 1 heterocycles. The van der Waals surface area contributed by atoms with Crippen molar-refractivity contribution in [3.8, 4) is 0 Å². The standard InChI is InChI=1S/C16H24N2/c1-13-11-16(12-14(2)15(13)3)5-4-8-18-9-6-17-7-10-18/h4-5,11-12,17H,6-10H2,1-3H3/b5-4+. The third-order valence-electron chi connectivity index (χ3n) is 3.83. The molecule has 0 spiro atoms. The second-order valence-corrected chi connectivity index (χ2v) is 5.23. The third kappa shape index (κ3) is 3.44. The Morgan fingerprint density at radius 3 is 2.33 bits per heavy atom. The van der Waals surface area contributed by atoms with Crippen LogP contribution in [0.5, 0.6) is 0 Å². The van der Waals surface area contributed by atoms with Crippen molar-refractivity contribution in [2.75, 3.05) is 32.7 Å². The molecule has 0 bridgehead atoms. The molecule has 1 aromatic rings. The summed E-state index contributed by atoms with van der Waals surface area (Å²) in [6, 6.07) is 4.55. The third-order valence-corrected chi connectivity index (χ3v) is 3.83. The Morgan fingerprint density at radius 2 is 1.72 bits per heavy atom. The summed E-state index contributed by atoms with van der Waals surface area (Å²) in [6.07, 6.45) is 4.54. The van der Waals surface area contributed by atoms with Gasteiger partial charge in [-0.2, -0.15) is 0 Å². The fourth-order valence-corrected chi connectivity index (χ4v) is 2.40. The van der Waals surface area contributed by atoms with Crippen LogP contribution in [0.4, 0.5) is 0 Å². The molecule has 0 aromatic heterocycles.